The van der Waals surface area contributed by atoms with Crippen LogP contribution in [-0.2, 0) is 21.9 Å². The summed E-state index contributed by atoms with van der Waals surface area (Å²) >= 11 is 13.7. The van der Waals surface area contributed by atoms with Crippen LogP contribution < -0.4 is 5.32 Å². The van der Waals surface area contributed by atoms with E-state index in [0.717, 1.165) is 11.1 Å². The van der Waals surface area contributed by atoms with E-state index in [4.69, 9.17) is 23.2 Å². The van der Waals surface area contributed by atoms with Crippen molar-refractivity contribution in [2.45, 2.75) is 31.7 Å². The second-order valence-electron chi connectivity index (χ2n) is 6.27. The van der Waals surface area contributed by atoms with E-state index in [-0.39, 0.29) is 17.6 Å². The average Bonchev–Trinajstić information content (AvgIpc) is 2.70. The van der Waals surface area contributed by atoms with E-state index in [1.54, 1.807) is 18.0 Å². The first-order valence-electron chi connectivity index (χ1n) is 9.03. The van der Waals surface area contributed by atoms with Gasteiger partial charge in [-0.3, -0.25) is 9.59 Å². The number of thioether (sulfide) groups is 1. The molecule has 2 rings (SSSR count). The molecule has 2 aromatic rings. The molecule has 0 aliphatic heterocycles. The summed E-state index contributed by atoms with van der Waals surface area (Å²) in [6.07, 6.45) is 0.526. The number of carbonyl (C=O) groups excluding carboxylic acids is 2. The lowest BCUT2D eigenvalue weighted by molar-refractivity contribution is -0.139. The molecular formula is C21H24Cl2N2O2S. The average molecular weight is 439 g/mol. The van der Waals surface area contributed by atoms with Gasteiger partial charge in [0.1, 0.15) is 6.04 Å². The fraction of sp³-hybridized carbons (Fsp3) is 0.333. The third-order valence-electron chi connectivity index (χ3n) is 4.34. The van der Waals surface area contributed by atoms with E-state index in [9.17, 15) is 9.59 Å². The topological polar surface area (TPSA) is 49.4 Å². The van der Waals surface area contributed by atoms with Gasteiger partial charge < -0.3 is 10.2 Å². The second kappa shape index (κ2) is 11.3. The summed E-state index contributed by atoms with van der Waals surface area (Å²) in [7, 11) is 1.58. The highest BCUT2D eigenvalue weighted by molar-refractivity contribution is 7.99. The van der Waals surface area contributed by atoms with Crippen molar-refractivity contribution in [2.24, 2.45) is 0 Å². The molecule has 0 spiro atoms. The van der Waals surface area contributed by atoms with Crippen LogP contribution >= 0.6 is 35.0 Å². The highest BCUT2D eigenvalue weighted by Crippen LogP contribution is 2.21. The van der Waals surface area contributed by atoms with Gasteiger partial charge in [0.2, 0.25) is 11.8 Å². The van der Waals surface area contributed by atoms with Gasteiger partial charge in [-0.2, -0.15) is 0 Å². The van der Waals surface area contributed by atoms with Gasteiger partial charge in [-0.05, 0) is 35.7 Å². The molecule has 0 bridgehead atoms. The second-order valence-corrected chi connectivity index (χ2v) is 8.10. The van der Waals surface area contributed by atoms with Crippen LogP contribution in [0.3, 0.4) is 0 Å². The van der Waals surface area contributed by atoms with E-state index in [2.05, 4.69) is 5.32 Å². The summed E-state index contributed by atoms with van der Waals surface area (Å²) in [6, 6.07) is 14.4. The van der Waals surface area contributed by atoms with Crippen molar-refractivity contribution in [3.8, 4) is 0 Å². The molecule has 0 radical (unpaired) electrons. The number of hydrogen-bond acceptors (Lipinski definition) is 3. The Morgan fingerprint density at radius 1 is 1.11 bits per heavy atom. The number of rotatable bonds is 9. The lowest BCUT2D eigenvalue weighted by Gasteiger charge is -2.30. The van der Waals surface area contributed by atoms with Crippen molar-refractivity contribution < 1.29 is 9.59 Å². The van der Waals surface area contributed by atoms with Gasteiger partial charge in [-0.15, -0.1) is 11.8 Å². The van der Waals surface area contributed by atoms with Crippen LogP contribution in [0.4, 0.5) is 0 Å². The number of likely N-dealkylation sites (N-methyl/N-ethyl adjacent to an activating group) is 1. The van der Waals surface area contributed by atoms with Crippen molar-refractivity contribution >= 4 is 46.8 Å². The Balaban J connectivity index is 2.10. The first-order chi connectivity index (χ1) is 13.5. The van der Waals surface area contributed by atoms with Gasteiger partial charge in [0.05, 0.1) is 5.75 Å². The molecule has 0 heterocycles. The fourth-order valence-corrected chi connectivity index (χ4v) is 4.01. The molecule has 1 atom stereocenters. The third kappa shape index (κ3) is 6.43. The number of hydrogen-bond donors (Lipinski definition) is 1. The number of carbonyl (C=O) groups is 2. The SMILES string of the molecule is CCC(C(=O)NC)N(Cc1ccccc1Cl)C(=O)CSCc1ccc(Cl)cc1. The molecule has 0 fully saturated rings. The van der Waals surface area contributed by atoms with E-state index in [1.807, 2.05) is 49.4 Å². The highest BCUT2D eigenvalue weighted by atomic mass is 35.5. The maximum absolute atomic E-state index is 13.0. The molecule has 0 saturated heterocycles. The van der Waals surface area contributed by atoms with E-state index in [0.29, 0.717) is 28.8 Å². The normalized spacial score (nSPS) is 11.7. The molecule has 2 aromatic carbocycles. The molecule has 0 aliphatic rings. The van der Waals surface area contributed by atoms with Crippen molar-refractivity contribution in [2.75, 3.05) is 12.8 Å². The van der Waals surface area contributed by atoms with Crippen molar-refractivity contribution in [3.63, 3.8) is 0 Å². The Morgan fingerprint density at radius 2 is 1.79 bits per heavy atom. The van der Waals surface area contributed by atoms with Crippen LogP contribution in [-0.4, -0.2) is 35.6 Å². The van der Waals surface area contributed by atoms with E-state index < -0.39 is 6.04 Å². The third-order valence-corrected chi connectivity index (χ3v) is 5.95. The van der Waals surface area contributed by atoms with Crippen LogP contribution in [0.5, 0.6) is 0 Å². The molecule has 4 nitrogen and oxygen atoms in total. The Labute approximate surface area is 180 Å². The Kier molecular flexibility index (Phi) is 9.16. The molecule has 0 aromatic heterocycles. The first-order valence-corrected chi connectivity index (χ1v) is 10.9. The van der Waals surface area contributed by atoms with Crippen LogP contribution in [0.1, 0.15) is 24.5 Å². The molecule has 28 heavy (non-hydrogen) atoms. The highest BCUT2D eigenvalue weighted by Gasteiger charge is 2.28. The van der Waals surface area contributed by atoms with Crippen molar-refractivity contribution in [1.82, 2.24) is 10.2 Å². The minimum Gasteiger partial charge on any atom is -0.357 e. The Bertz CT molecular complexity index is 799. The van der Waals surface area contributed by atoms with E-state index >= 15 is 0 Å². The monoisotopic (exact) mass is 438 g/mol. The molecular weight excluding hydrogens is 415 g/mol. The largest absolute Gasteiger partial charge is 0.357 e. The van der Waals surface area contributed by atoms with Gasteiger partial charge in [-0.25, -0.2) is 0 Å². The lowest BCUT2D eigenvalue weighted by atomic mass is 10.1. The number of halogens is 2. The summed E-state index contributed by atoms with van der Waals surface area (Å²) < 4.78 is 0. The Hall–Kier alpha value is -1.69. The van der Waals surface area contributed by atoms with Crippen LogP contribution in [0.2, 0.25) is 10.0 Å². The molecule has 150 valence electrons. The number of nitrogens with one attached hydrogen (secondary N) is 1. The molecule has 1 N–H and O–H groups in total. The summed E-state index contributed by atoms with van der Waals surface area (Å²) in [4.78, 5) is 26.9. The van der Waals surface area contributed by atoms with Gasteiger partial charge in [-0.1, -0.05) is 60.5 Å². The molecule has 0 aliphatic carbocycles. The minimum absolute atomic E-state index is 0.0886. The quantitative estimate of drug-likeness (QED) is 0.612. The number of nitrogens with zero attached hydrogens (tertiary/aromatic N) is 1. The standard InChI is InChI=1S/C21H24Cl2N2O2S/c1-3-19(21(27)24-2)25(12-16-6-4-5-7-18(16)23)20(26)14-28-13-15-8-10-17(22)11-9-15/h4-11,19H,3,12-14H2,1-2H3,(H,24,27). The van der Waals surface area contributed by atoms with Crippen LogP contribution in [0, 0.1) is 0 Å². The van der Waals surface area contributed by atoms with Gasteiger partial charge >= 0.3 is 0 Å². The molecule has 1 unspecified atom stereocenters. The van der Waals surface area contributed by atoms with Crippen LogP contribution in [0.15, 0.2) is 48.5 Å². The predicted molar refractivity (Wildman–Crippen MR) is 118 cm³/mol. The smallest absolute Gasteiger partial charge is 0.242 e. The molecule has 2 amide bonds. The van der Waals surface area contributed by atoms with Crippen molar-refractivity contribution in [3.05, 3.63) is 69.7 Å². The number of benzene rings is 2. The van der Waals surface area contributed by atoms with Crippen LogP contribution in [0.25, 0.3) is 0 Å². The van der Waals surface area contributed by atoms with E-state index in [1.165, 1.54) is 11.8 Å². The maximum atomic E-state index is 13.0. The molecule has 7 heteroatoms. The Morgan fingerprint density at radius 3 is 2.39 bits per heavy atom. The summed E-state index contributed by atoms with van der Waals surface area (Å²) in [5.41, 5.74) is 1.92. The first kappa shape index (κ1) is 22.6. The predicted octanol–water partition coefficient (Wildman–Crippen LogP) is 4.78. The fourth-order valence-electron chi connectivity index (χ4n) is 2.82. The summed E-state index contributed by atoms with van der Waals surface area (Å²) in [5.74, 6) is 0.708. The van der Waals surface area contributed by atoms with Gasteiger partial charge in [0.15, 0.2) is 0 Å². The zero-order chi connectivity index (χ0) is 20.5. The number of amides is 2. The molecule has 0 saturated carbocycles. The summed E-state index contributed by atoms with van der Waals surface area (Å²) in [5, 5.41) is 3.93. The van der Waals surface area contributed by atoms with Gasteiger partial charge in [0, 0.05) is 29.4 Å². The van der Waals surface area contributed by atoms with Gasteiger partial charge in [0.25, 0.3) is 0 Å². The lowest BCUT2D eigenvalue weighted by Crippen LogP contribution is -2.48. The maximum Gasteiger partial charge on any atom is 0.242 e. The zero-order valence-electron chi connectivity index (χ0n) is 16.0. The van der Waals surface area contributed by atoms with Crippen molar-refractivity contribution in [1.29, 1.82) is 0 Å². The zero-order valence-corrected chi connectivity index (χ0v) is 18.3. The summed E-state index contributed by atoms with van der Waals surface area (Å²) in [6.45, 7) is 2.19. The minimum atomic E-state index is -0.537.